The summed E-state index contributed by atoms with van der Waals surface area (Å²) < 4.78 is 5.61. The molecule has 2 aromatic rings. The van der Waals surface area contributed by atoms with Gasteiger partial charge in [0.1, 0.15) is 12.6 Å². The second-order valence-corrected chi connectivity index (χ2v) is 10.7. The molecule has 35 heavy (non-hydrogen) atoms. The van der Waals surface area contributed by atoms with Crippen LogP contribution >= 0.6 is 11.8 Å². The molecule has 2 amide bonds. The summed E-state index contributed by atoms with van der Waals surface area (Å²) in [6, 6.07) is 15.5. The van der Waals surface area contributed by atoms with Gasteiger partial charge in [0.15, 0.2) is 0 Å². The van der Waals surface area contributed by atoms with Crippen LogP contribution in [0, 0.1) is 5.92 Å². The molecule has 2 fully saturated rings. The second-order valence-electron chi connectivity index (χ2n) is 9.51. The molecule has 5 rings (SSSR count). The number of hydrogen-bond donors (Lipinski definition) is 2. The van der Waals surface area contributed by atoms with E-state index in [4.69, 9.17) is 4.74 Å². The molecule has 0 radical (unpaired) electrons. The molecule has 2 aromatic carbocycles. The number of carbonyl (C=O) groups is 3. The van der Waals surface area contributed by atoms with E-state index in [1.165, 1.54) is 11.1 Å². The number of alkyl carbamates (subject to hydrolysis) is 1. The number of fused-ring (bicyclic) bond motifs is 3. The number of nitrogens with zero attached hydrogens (tertiary/aromatic N) is 1. The van der Waals surface area contributed by atoms with Crippen LogP contribution in [0.25, 0.3) is 11.1 Å². The highest BCUT2D eigenvalue weighted by Crippen LogP contribution is 2.44. The Labute approximate surface area is 209 Å². The van der Waals surface area contributed by atoms with E-state index in [9.17, 15) is 19.5 Å². The van der Waals surface area contributed by atoms with Gasteiger partial charge in [0.2, 0.25) is 5.91 Å². The van der Waals surface area contributed by atoms with E-state index in [1.54, 1.807) is 16.7 Å². The Hall–Kier alpha value is -3.00. The van der Waals surface area contributed by atoms with Crippen molar-refractivity contribution in [3.8, 4) is 11.1 Å². The average molecular weight is 495 g/mol. The maximum absolute atomic E-state index is 13.1. The minimum absolute atomic E-state index is 0.0000143. The number of aliphatic carboxylic acids is 1. The zero-order valence-electron chi connectivity index (χ0n) is 19.7. The van der Waals surface area contributed by atoms with E-state index in [0.29, 0.717) is 18.6 Å². The van der Waals surface area contributed by atoms with Gasteiger partial charge in [-0.2, -0.15) is 0 Å². The molecule has 0 aromatic heterocycles. The third-order valence-corrected chi connectivity index (χ3v) is 8.68. The Kier molecular flexibility index (Phi) is 6.73. The Bertz CT molecular complexity index is 1090. The first kappa shape index (κ1) is 23.7. The van der Waals surface area contributed by atoms with E-state index < -0.39 is 18.1 Å². The van der Waals surface area contributed by atoms with Crippen molar-refractivity contribution in [2.75, 3.05) is 12.4 Å². The Morgan fingerprint density at radius 1 is 1.06 bits per heavy atom. The smallest absolute Gasteiger partial charge is 0.407 e. The fourth-order valence-electron chi connectivity index (χ4n) is 5.47. The molecule has 2 aliphatic carbocycles. The SMILES string of the molecule is CCCC1SCC(C(=O)O)N1C(=O)C1CC(NC(=O)OCC2c3ccccc3-c3ccccc32)C1. The summed E-state index contributed by atoms with van der Waals surface area (Å²) in [5.74, 6) is -0.878. The lowest BCUT2D eigenvalue weighted by Gasteiger charge is -2.39. The molecule has 1 aliphatic heterocycles. The van der Waals surface area contributed by atoms with Crippen LogP contribution in [-0.4, -0.2) is 57.8 Å². The van der Waals surface area contributed by atoms with Crippen molar-refractivity contribution in [3.05, 3.63) is 59.7 Å². The number of amides is 2. The van der Waals surface area contributed by atoms with Crippen LogP contribution in [-0.2, 0) is 14.3 Å². The van der Waals surface area contributed by atoms with Gasteiger partial charge in [-0.3, -0.25) is 4.79 Å². The molecule has 1 saturated carbocycles. The van der Waals surface area contributed by atoms with Gasteiger partial charge in [-0.15, -0.1) is 11.8 Å². The third-order valence-electron chi connectivity index (χ3n) is 7.32. The fraction of sp³-hybridized carbons (Fsp3) is 0.444. The van der Waals surface area contributed by atoms with E-state index >= 15 is 0 Å². The molecule has 1 heterocycles. The standard InChI is InChI=1S/C27H30N2O5S/c1-2-7-24-29(23(15-35-24)26(31)32)25(30)16-12-17(13-16)28-27(33)34-14-22-20-10-5-3-8-18(20)19-9-4-6-11-21(19)22/h3-6,8-11,16-17,22-24H,2,7,12-15H2,1H3,(H,28,33)(H,31,32). The van der Waals surface area contributed by atoms with Crippen molar-refractivity contribution in [3.63, 3.8) is 0 Å². The molecule has 1 saturated heterocycles. The zero-order chi connectivity index (χ0) is 24.5. The van der Waals surface area contributed by atoms with Crippen LogP contribution in [0.15, 0.2) is 48.5 Å². The van der Waals surface area contributed by atoms with Gasteiger partial charge in [-0.05, 0) is 41.5 Å². The lowest BCUT2D eigenvalue weighted by Crippen LogP contribution is -2.54. The first-order chi connectivity index (χ1) is 17.0. The van der Waals surface area contributed by atoms with E-state index in [2.05, 4.69) is 29.6 Å². The van der Waals surface area contributed by atoms with Gasteiger partial charge in [0, 0.05) is 23.6 Å². The molecule has 7 nitrogen and oxygen atoms in total. The first-order valence-electron chi connectivity index (χ1n) is 12.3. The highest BCUT2D eigenvalue weighted by atomic mass is 32.2. The number of nitrogens with one attached hydrogen (secondary N) is 1. The summed E-state index contributed by atoms with van der Waals surface area (Å²) in [6.07, 6.45) is 2.22. The van der Waals surface area contributed by atoms with Crippen molar-refractivity contribution in [2.24, 2.45) is 5.92 Å². The highest BCUT2D eigenvalue weighted by molar-refractivity contribution is 8.00. The molecule has 184 valence electrons. The molecule has 3 aliphatic rings. The summed E-state index contributed by atoms with van der Waals surface area (Å²) >= 11 is 1.55. The monoisotopic (exact) mass is 494 g/mol. The van der Waals surface area contributed by atoms with E-state index in [1.807, 2.05) is 31.2 Å². The summed E-state index contributed by atoms with van der Waals surface area (Å²) in [7, 11) is 0. The lowest BCUT2D eigenvalue weighted by molar-refractivity contribution is -0.152. The number of carboxylic acid groups (broad SMARTS) is 1. The first-order valence-corrected chi connectivity index (χ1v) is 13.3. The number of thioether (sulfide) groups is 1. The van der Waals surface area contributed by atoms with Gasteiger partial charge in [0.05, 0.1) is 5.37 Å². The van der Waals surface area contributed by atoms with Gasteiger partial charge in [0.25, 0.3) is 0 Å². The Balaban J connectivity index is 1.14. The normalized spacial score (nSPS) is 24.9. The minimum Gasteiger partial charge on any atom is -0.480 e. The number of carboxylic acids is 1. The number of ether oxygens (including phenoxy) is 1. The average Bonchev–Trinajstić information content (AvgIpc) is 3.39. The van der Waals surface area contributed by atoms with Crippen LogP contribution in [0.5, 0.6) is 0 Å². The topological polar surface area (TPSA) is 95.9 Å². The van der Waals surface area contributed by atoms with Crippen molar-refractivity contribution >= 4 is 29.7 Å². The number of carbonyl (C=O) groups excluding carboxylic acids is 2. The molecule has 0 bridgehead atoms. The largest absolute Gasteiger partial charge is 0.480 e. The van der Waals surface area contributed by atoms with Gasteiger partial charge >= 0.3 is 12.1 Å². The second kappa shape index (κ2) is 9.93. The molecule has 2 unspecified atom stereocenters. The van der Waals surface area contributed by atoms with Crippen molar-refractivity contribution < 1.29 is 24.2 Å². The lowest BCUT2D eigenvalue weighted by atomic mass is 9.79. The predicted molar refractivity (Wildman–Crippen MR) is 134 cm³/mol. The zero-order valence-corrected chi connectivity index (χ0v) is 20.5. The van der Waals surface area contributed by atoms with Crippen LogP contribution in [0.1, 0.15) is 49.7 Å². The summed E-state index contributed by atoms with van der Waals surface area (Å²) in [4.78, 5) is 38.9. The van der Waals surface area contributed by atoms with Gasteiger partial charge in [-0.25, -0.2) is 9.59 Å². The third kappa shape index (κ3) is 4.51. The predicted octanol–water partition coefficient (Wildman–Crippen LogP) is 4.46. The van der Waals surface area contributed by atoms with Crippen LogP contribution in [0.4, 0.5) is 4.79 Å². The van der Waals surface area contributed by atoms with Gasteiger partial charge in [-0.1, -0.05) is 61.9 Å². The van der Waals surface area contributed by atoms with Crippen LogP contribution in [0.3, 0.4) is 0 Å². The fourth-order valence-corrected chi connectivity index (χ4v) is 6.99. The highest BCUT2D eigenvalue weighted by Gasteiger charge is 2.46. The van der Waals surface area contributed by atoms with Crippen LogP contribution in [0.2, 0.25) is 0 Å². The van der Waals surface area contributed by atoms with Crippen LogP contribution < -0.4 is 5.32 Å². The van der Waals surface area contributed by atoms with E-state index in [-0.39, 0.29) is 35.8 Å². The number of hydrogen-bond acceptors (Lipinski definition) is 5. The summed E-state index contributed by atoms with van der Waals surface area (Å²) in [5.41, 5.74) is 4.68. The van der Waals surface area contributed by atoms with Crippen molar-refractivity contribution in [1.29, 1.82) is 0 Å². The maximum Gasteiger partial charge on any atom is 0.407 e. The van der Waals surface area contributed by atoms with E-state index in [0.717, 1.165) is 24.0 Å². The molecule has 0 spiro atoms. The van der Waals surface area contributed by atoms with Crippen molar-refractivity contribution in [2.45, 2.75) is 56.0 Å². The minimum atomic E-state index is -0.947. The molecule has 2 atom stereocenters. The van der Waals surface area contributed by atoms with Gasteiger partial charge < -0.3 is 20.1 Å². The summed E-state index contributed by atoms with van der Waals surface area (Å²) in [5, 5.41) is 12.4. The summed E-state index contributed by atoms with van der Waals surface area (Å²) in [6.45, 7) is 2.29. The molecule has 8 heteroatoms. The quantitative estimate of drug-likeness (QED) is 0.590. The Morgan fingerprint density at radius 2 is 1.69 bits per heavy atom. The molecule has 2 N–H and O–H groups in total. The molecular weight excluding hydrogens is 464 g/mol. The molecular formula is C27H30N2O5S. The van der Waals surface area contributed by atoms with Crippen molar-refractivity contribution in [1.82, 2.24) is 10.2 Å². The number of rotatable bonds is 7. The Morgan fingerprint density at radius 3 is 2.29 bits per heavy atom. The number of benzene rings is 2. The maximum atomic E-state index is 13.1.